The fourth-order valence-corrected chi connectivity index (χ4v) is 2.42. The van der Waals surface area contributed by atoms with Gasteiger partial charge >= 0.3 is 5.97 Å². The number of benzene rings is 1. The average molecular weight is 305 g/mol. The molecule has 2 N–H and O–H groups in total. The summed E-state index contributed by atoms with van der Waals surface area (Å²) in [7, 11) is 0. The lowest BCUT2D eigenvalue weighted by molar-refractivity contribution is 0.0691. The summed E-state index contributed by atoms with van der Waals surface area (Å²) in [6, 6.07) is 6.30. The van der Waals surface area contributed by atoms with Crippen molar-refractivity contribution < 1.29 is 14.7 Å². The molecule has 122 valence electrons. The minimum absolute atomic E-state index is 0.0518. The molecule has 22 heavy (non-hydrogen) atoms. The normalized spacial score (nSPS) is 10.4. The van der Waals surface area contributed by atoms with Crippen LogP contribution in [0.15, 0.2) is 24.3 Å². The van der Waals surface area contributed by atoms with Crippen molar-refractivity contribution in [3.05, 3.63) is 35.4 Å². The van der Waals surface area contributed by atoms with Gasteiger partial charge in [-0.15, -0.1) is 0 Å². The number of carboxylic acids is 1. The van der Waals surface area contributed by atoms with Crippen LogP contribution < -0.4 is 5.32 Å². The Morgan fingerprint density at radius 3 is 2.05 bits per heavy atom. The van der Waals surface area contributed by atoms with E-state index in [1.165, 1.54) is 44.6 Å². The van der Waals surface area contributed by atoms with E-state index in [2.05, 4.69) is 12.2 Å². The van der Waals surface area contributed by atoms with Crippen molar-refractivity contribution >= 4 is 11.9 Å². The summed E-state index contributed by atoms with van der Waals surface area (Å²) < 4.78 is 0. The molecule has 0 unspecified atom stereocenters. The fraction of sp³-hybridized carbons (Fsp3) is 0.556. The highest BCUT2D eigenvalue weighted by Gasteiger charge is 2.14. The summed E-state index contributed by atoms with van der Waals surface area (Å²) in [5.74, 6) is -1.38. The van der Waals surface area contributed by atoms with Crippen LogP contribution in [0.1, 0.15) is 79.0 Å². The molecule has 0 saturated carbocycles. The van der Waals surface area contributed by atoms with E-state index >= 15 is 0 Å². The molecule has 0 aliphatic carbocycles. The number of carbonyl (C=O) groups excluding carboxylic acids is 1. The first-order chi connectivity index (χ1) is 10.7. The number of aromatic carboxylic acids is 1. The molecular weight excluding hydrogens is 278 g/mol. The Labute approximate surface area is 132 Å². The number of unbranched alkanes of at least 4 members (excludes halogenated alkanes) is 7. The number of carboxylic acid groups (broad SMARTS) is 1. The second kappa shape index (κ2) is 10.8. The number of amides is 1. The first kappa shape index (κ1) is 18.2. The average Bonchev–Trinajstić information content (AvgIpc) is 2.53. The fourth-order valence-electron chi connectivity index (χ4n) is 2.42. The molecule has 0 heterocycles. The maximum Gasteiger partial charge on any atom is 0.336 e. The van der Waals surface area contributed by atoms with Crippen molar-refractivity contribution in [2.75, 3.05) is 6.54 Å². The Kier molecular flexibility index (Phi) is 8.96. The van der Waals surface area contributed by atoms with E-state index in [0.29, 0.717) is 6.54 Å². The predicted octanol–water partition coefficient (Wildman–Crippen LogP) is 4.26. The van der Waals surface area contributed by atoms with Gasteiger partial charge in [0.15, 0.2) is 0 Å². The van der Waals surface area contributed by atoms with Gasteiger partial charge in [-0.05, 0) is 18.6 Å². The number of nitrogens with one attached hydrogen (secondary N) is 1. The van der Waals surface area contributed by atoms with Gasteiger partial charge in [-0.2, -0.15) is 0 Å². The lowest BCUT2D eigenvalue weighted by Gasteiger charge is -2.07. The van der Waals surface area contributed by atoms with Crippen molar-refractivity contribution in [2.45, 2.75) is 58.3 Å². The largest absolute Gasteiger partial charge is 0.478 e. The van der Waals surface area contributed by atoms with Gasteiger partial charge in [0.2, 0.25) is 0 Å². The van der Waals surface area contributed by atoms with Crippen LogP contribution in [0.5, 0.6) is 0 Å². The zero-order valence-corrected chi connectivity index (χ0v) is 13.4. The van der Waals surface area contributed by atoms with Crippen molar-refractivity contribution in [2.24, 2.45) is 0 Å². The van der Waals surface area contributed by atoms with E-state index < -0.39 is 5.97 Å². The van der Waals surface area contributed by atoms with E-state index in [-0.39, 0.29) is 17.0 Å². The van der Waals surface area contributed by atoms with Crippen LogP contribution in [0.4, 0.5) is 0 Å². The smallest absolute Gasteiger partial charge is 0.336 e. The van der Waals surface area contributed by atoms with Crippen LogP contribution in [0.25, 0.3) is 0 Å². The highest BCUT2D eigenvalue weighted by Crippen LogP contribution is 2.10. The molecule has 0 atom stereocenters. The van der Waals surface area contributed by atoms with Gasteiger partial charge in [-0.3, -0.25) is 4.79 Å². The minimum Gasteiger partial charge on any atom is -0.478 e. The Morgan fingerprint density at radius 1 is 0.909 bits per heavy atom. The molecule has 1 rings (SSSR count). The molecule has 4 nitrogen and oxygen atoms in total. The standard InChI is InChI=1S/C18H27NO3/c1-2-3-4-5-6-7-8-11-14-19-17(20)15-12-9-10-13-16(15)18(21)22/h9-10,12-13H,2-8,11,14H2,1H3,(H,19,20)(H,21,22). The summed E-state index contributed by atoms with van der Waals surface area (Å²) >= 11 is 0. The molecule has 0 radical (unpaired) electrons. The second-order valence-electron chi connectivity index (χ2n) is 5.58. The Balaban J connectivity index is 2.20. The molecule has 0 fully saturated rings. The molecule has 0 saturated heterocycles. The maximum absolute atomic E-state index is 12.0. The number of hydrogen-bond donors (Lipinski definition) is 2. The maximum atomic E-state index is 12.0. The molecule has 1 amide bonds. The zero-order chi connectivity index (χ0) is 16.2. The SMILES string of the molecule is CCCCCCCCCCNC(=O)c1ccccc1C(=O)O. The van der Waals surface area contributed by atoms with Crippen LogP contribution in [0, 0.1) is 0 Å². The third-order valence-corrected chi connectivity index (χ3v) is 3.72. The van der Waals surface area contributed by atoms with Crippen LogP contribution >= 0.6 is 0 Å². The Bertz CT molecular complexity index is 471. The van der Waals surface area contributed by atoms with Crippen molar-refractivity contribution in [3.8, 4) is 0 Å². The van der Waals surface area contributed by atoms with Gasteiger partial charge in [0.25, 0.3) is 5.91 Å². The summed E-state index contributed by atoms with van der Waals surface area (Å²) in [5, 5.41) is 11.9. The van der Waals surface area contributed by atoms with Gasteiger partial charge in [0, 0.05) is 6.54 Å². The summed E-state index contributed by atoms with van der Waals surface area (Å²) in [4.78, 5) is 23.1. The molecule has 1 aromatic rings. The topological polar surface area (TPSA) is 66.4 Å². The van der Waals surface area contributed by atoms with E-state index in [9.17, 15) is 9.59 Å². The molecule has 1 aromatic carbocycles. The summed E-state index contributed by atoms with van der Waals surface area (Å²) in [6.07, 6.45) is 9.71. The molecule has 0 bridgehead atoms. The van der Waals surface area contributed by atoms with Gasteiger partial charge in [0.1, 0.15) is 0 Å². The first-order valence-corrected chi connectivity index (χ1v) is 8.27. The van der Waals surface area contributed by atoms with Crippen molar-refractivity contribution in [3.63, 3.8) is 0 Å². The predicted molar refractivity (Wildman–Crippen MR) is 88.3 cm³/mol. The number of rotatable bonds is 11. The van der Waals surface area contributed by atoms with Crippen LogP contribution in [0.2, 0.25) is 0 Å². The molecule has 0 spiro atoms. The third kappa shape index (κ3) is 6.74. The minimum atomic E-state index is -1.07. The molecule has 0 aliphatic heterocycles. The van der Waals surface area contributed by atoms with Crippen LogP contribution in [0.3, 0.4) is 0 Å². The van der Waals surface area contributed by atoms with Crippen molar-refractivity contribution in [1.82, 2.24) is 5.32 Å². The highest BCUT2D eigenvalue weighted by atomic mass is 16.4. The summed E-state index contributed by atoms with van der Waals surface area (Å²) in [5.41, 5.74) is 0.283. The van der Waals surface area contributed by atoms with Gasteiger partial charge < -0.3 is 10.4 Å². The lowest BCUT2D eigenvalue weighted by Crippen LogP contribution is -2.26. The second-order valence-corrected chi connectivity index (χ2v) is 5.58. The molecule has 0 aliphatic rings. The van der Waals surface area contributed by atoms with Crippen LogP contribution in [-0.2, 0) is 0 Å². The number of carbonyl (C=O) groups is 2. The van der Waals surface area contributed by atoms with Gasteiger partial charge in [0.05, 0.1) is 11.1 Å². The van der Waals surface area contributed by atoms with E-state index in [1.807, 2.05) is 0 Å². The van der Waals surface area contributed by atoms with Crippen LogP contribution in [-0.4, -0.2) is 23.5 Å². The molecular formula is C18H27NO3. The van der Waals surface area contributed by atoms with E-state index in [1.54, 1.807) is 18.2 Å². The molecule has 0 aromatic heterocycles. The zero-order valence-electron chi connectivity index (χ0n) is 13.4. The van der Waals surface area contributed by atoms with Gasteiger partial charge in [-0.25, -0.2) is 4.79 Å². The Hall–Kier alpha value is -1.84. The van der Waals surface area contributed by atoms with E-state index in [4.69, 9.17) is 5.11 Å². The lowest BCUT2D eigenvalue weighted by atomic mass is 10.1. The third-order valence-electron chi connectivity index (χ3n) is 3.72. The Morgan fingerprint density at radius 2 is 1.45 bits per heavy atom. The number of hydrogen-bond acceptors (Lipinski definition) is 2. The highest BCUT2D eigenvalue weighted by molar-refractivity contribution is 6.04. The first-order valence-electron chi connectivity index (χ1n) is 8.27. The summed E-state index contributed by atoms with van der Waals surface area (Å²) in [6.45, 7) is 2.81. The quantitative estimate of drug-likeness (QED) is 0.600. The van der Waals surface area contributed by atoms with Gasteiger partial charge in [-0.1, -0.05) is 64.0 Å². The van der Waals surface area contributed by atoms with E-state index in [0.717, 1.165) is 12.8 Å². The molecule has 4 heteroatoms. The van der Waals surface area contributed by atoms with Crippen molar-refractivity contribution in [1.29, 1.82) is 0 Å². The monoisotopic (exact) mass is 305 g/mol.